The highest BCUT2D eigenvalue weighted by atomic mass is 19.4. The maximum Gasteiger partial charge on any atom is 0.573 e. The molecule has 6 nitrogen and oxygen atoms in total. The van der Waals surface area contributed by atoms with Gasteiger partial charge in [0.2, 0.25) is 0 Å². The van der Waals surface area contributed by atoms with Gasteiger partial charge in [0.1, 0.15) is 11.5 Å². The lowest BCUT2D eigenvalue weighted by atomic mass is 10.1. The summed E-state index contributed by atoms with van der Waals surface area (Å²) in [6.07, 6.45) is -3.18. The summed E-state index contributed by atoms with van der Waals surface area (Å²) in [7, 11) is 3.08. The highest BCUT2D eigenvalue weighted by molar-refractivity contribution is 5.97. The molecule has 1 N–H and O–H groups in total. The first kappa shape index (κ1) is 17.6. The Hall–Kier alpha value is -2.71. The van der Waals surface area contributed by atoms with Crippen molar-refractivity contribution in [3.8, 4) is 11.5 Å². The minimum Gasteiger partial charge on any atom is -0.497 e. The number of nitrogens with one attached hydrogen (secondary N) is 1. The average Bonchev–Trinajstić information content (AvgIpc) is 2.81. The smallest absolute Gasteiger partial charge is 0.497 e. The molecular weight excluding hydrogens is 327 g/mol. The lowest BCUT2D eigenvalue weighted by molar-refractivity contribution is -0.274. The summed E-state index contributed by atoms with van der Waals surface area (Å²) in [5.41, 5.74) is 1.20. The molecule has 0 bridgehead atoms. The molecule has 24 heavy (non-hydrogen) atoms. The van der Waals surface area contributed by atoms with Gasteiger partial charge in [-0.05, 0) is 25.1 Å². The van der Waals surface area contributed by atoms with Gasteiger partial charge in [-0.3, -0.25) is 9.48 Å². The number of rotatable bonds is 5. The Bertz CT molecular complexity index is 741. The van der Waals surface area contributed by atoms with E-state index in [1.54, 1.807) is 24.9 Å². The molecular formula is C15H16F3N3O3. The summed E-state index contributed by atoms with van der Waals surface area (Å²) in [4.78, 5) is 12.3. The zero-order valence-corrected chi connectivity index (χ0v) is 13.3. The number of methoxy groups -OCH3 is 1. The normalized spacial score (nSPS) is 11.2. The van der Waals surface area contributed by atoms with Crippen molar-refractivity contribution in [2.24, 2.45) is 7.05 Å². The average molecular weight is 343 g/mol. The molecule has 1 heterocycles. The monoisotopic (exact) mass is 343 g/mol. The number of benzene rings is 1. The number of aryl methyl sites for hydroxylation is 2. The van der Waals surface area contributed by atoms with Gasteiger partial charge in [-0.25, -0.2) is 0 Å². The minimum atomic E-state index is -4.90. The van der Waals surface area contributed by atoms with Crippen LogP contribution in [0.4, 0.5) is 13.2 Å². The molecule has 0 spiro atoms. The third kappa shape index (κ3) is 4.40. The largest absolute Gasteiger partial charge is 0.573 e. The van der Waals surface area contributed by atoms with E-state index in [9.17, 15) is 18.0 Å². The van der Waals surface area contributed by atoms with E-state index in [-0.39, 0.29) is 17.9 Å². The highest BCUT2D eigenvalue weighted by Crippen LogP contribution is 2.29. The molecule has 0 aliphatic carbocycles. The lowest BCUT2D eigenvalue weighted by Crippen LogP contribution is -2.25. The summed E-state index contributed by atoms with van der Waals surface area (Å²) in [5, 5.41) is 6.68. The molecule has 1 aromatic heterocycles. The predicted molar refractivity (Wildman–Crippen MR) is 78.8 cm³/mol. The fraction of sp³-hybridized carbons (Fsp3) is 0.333. The Balaban J connectivity index is 2.21. The third-order valence-electron chi connectivity index (χ3n) is 3.21. The first-order valence-corrected chi connectivity index (χ1v) is 6.90. The maximum atomic E-state index is 12.5. The Labute approximate surface area is 136 Å². The fourth-order valence-electron chi connectivity index (χ4n) is 2.12. The van der Waals surface area contributed by atoms with E-state index in [1.807, 2.05) is 0 Å². The summed E-state index contributed by atoms with van der Waals surface area (Å²) in [6, 6.07) is 3.51. The van der Waals surface area contributed by atoms with E-state index in [1.165, 1.54) is 19.2 Å². The van der Waals surface area contributed by atoms with Gasteiger partial charge in [0.25, 0.3) is 5.91 Å². The Kier molecular flexibility index (Phi) is 5.01. The molecule has 130 valence electrons. The summed E-state index contributed by atoms with van der Waals surface area (Å²) in [5.74, 6) is -1.06. The number of ether oxygens (including phenoxy) is 2. The second kappa shape index (κ2) is 6.81. The number of hydrogen-bond acceptors (Lipinski definition) is 4. The van der Waals surface area contributed by atoms with Crippen molar-refractivity contribution in [2.75, 3.05) is 7.11 Å². The maximum absolute atomic E-state index is 12.5. The summed E-state index contributed by atoms with van der Waals surface area (Å²) in [6.45, 7) is 1.90. The molecule has 2 rings (SSSR count). The van der Waals surface area contributed by atoms with Crippen molar-refractivity contribution in [1.29, 1.82) is 0 Å². The number of aromatic nitrogens is 2. The SMILES string of the molecule is COc1ccc(OC(F)(F)F)c(C(=O)NCc2cn(C)nc2C)c1. The number of nitrogens with zero attached hydrogens (tertiary/aromatic N) is 2. The van der Waals surface area contributed by atoms with Crippen LogP contribution in [0.3, 0.4) is 0 Å². The molecule has 0 aliphatic rings. The molecule has 0 aliphatic heterocycles. The summed E-state index contributed by atoms with van der Waals surface area (Å²) >= 11 is 0. The number of carbonyl (C=O) groups is 1. The first-order chi connectivity index (χ1) is 11.2. The zero-order chi connectivity index (χ0) is 17.9. The van der Waals surface area contributed by atoms with Gasteiger partial charge >= 0.3 is 6.36 Å². The van der Waals surface area contributed by atoms with Crippen LogP contribution in [0.25, 0.3) is 0 Å². The van der Waals surface area contributed by atoms with Crippen LogP contribution in [0, 0.1) is 6.92 Å². The standard InChI is InChI=1S/C15H16F3N3O3/c1-9-10(8-21(2)20-9)7-19-14(22)12-6-11(23-3)4-5-13(12)24-15(16,17)18/h4-6,8H,7H2,1-3H3,(H,19,22). The number of halogens is 3. The van der Waals surface area contributed by atoms with Crippen LogP contribution in [0.1, 0.15) is 21.6 Å². The van der Waals surface area contributed by atoms with Crippen LogP contribution in [0.5, 0.6) is 11.5 Å². The molecule has 0 fully saturated rings. The van der Waals surface area contributed by atoms with Gasteiger partial charge in [0, 0.05) is 25.4 Å². The molecule has 0 radical (unpaired) electrons. The first-order valence-electron chi connectivity index (χ1n) is 6.90. The lowest BCUT2D eigenvalue weighted by Gasteiger charge is -2.14. The van der Waals surface area contributed by atoms with Gasteiger partial charge in [-0.15, -0.1) is 13.2 Å². The van der Waals surface area contributed by atoms with Gasteiger partial charge in [0.15, 0.2) is 0 Å². The zero-order valence-electron chi connectivity index (χ0n) is 13.3. The van der Waals surface area contributed by atoms with Crippen LogP contribution in [0.2, 0.25) is 0 Å². The van der Waals surface area contributed by atoms with E-state index in [4.69, 9.17) is 4.74 Å². The number of alkyl halides is 3. The van der Waals surface area contributed by atoms with Gasteiger partial charge < -0.3 is 14.8 Å². The van der Waals surface area contributed by atoms with Crippen LogP contribution in [-0.2, 0) is 13.6 Å². The molecule has 0 saturated heterocycles. The van der Waals surface area contributed by atoms with E-state index in [0.29, 0.717) is 0 Å². The minimum absolute atomic E-state index is 0.126. The fourth-order valence-corrected chi connectivity index (χ4v) is 2.12. The number of amides is 1. The summed E-state index contributed by atoms with van der Waals surface area (Å²) < 4.78 is 47.9. The van der Waals surface area contributed by atoms with Gasteiger partial charge in [-0.2, -0.15) is 5.10 Å². The third-order valence-corrected chi connectivity index (χ3v) is 3.21. The number of carbonyl (C=O) groups excluding carboxylic acids is 1. The van der Waals surface area contributed by atoms with Gasteiger partial charge in [0.05, 0.1) is 18.4 Å². The van der Waals surface area contributed by atoms with Crippen molar-refractivity contribution in [3.63, 3.8) is 0 Å². The van der Waals surface area contributed by atoms with Crippen LogP contribution in [-0.4, -0.2) is 29.2 Å². The molecule has 1 aromatic carbocycles. The molecule has 0 unspecified atom stereocenters. The quantitative estimate of drug-likeness (QED) is 0.906. The van der Waals surface area contributed by atoms with Crippen molar-refractivity contribution in [2.45, 2.75) is 19.8 Å². The predicted octanol–water partition coefficient (Wildman–Crippen LogP) is 2.57. The topological polar surface area (TPSA) is 65.4 Å². The molecule has 0 saturated carbocycles. The molecule has 2 aromatic rings. The van der Waals surface area contributed by atoms with Crippen molar-refractivity contribution in [1.82, 2.24) is 15.1 Å². The Morgan fingerprint density at radius 3 is 2.62 bits per heavy atom. The van der Waals surface area contributed by atoms with E-state index >= 15 is 0 Å². The van der Waals surface area contributed by atoms with Crippen molar-refractivity contribution >= 4 is 5.91 Å². The second-order valence-electron chi connectivity index (χ2n) is 5.01. The van der Waals surface area contributed by atoms with Crippen LogP contribution >= 0.6 is 0 Å². The second-order valence-corrected chi connectivity index (χ2v) is 5.01. The van der Waals surface area contributed by atoms with Crippen molar-refractivity contribution in [3.05, 3.63) is 41.2 Å². The molecule has 0 atom stereocenters. The van der Waals surface area contributed by atoms with E-state index < -0.39 is 18.0 Å². The van der Waals surface area contributed by atoms with Crippen LogP contribution in [0.15, 0.2) is 24.4 Å². The van der Waals surface area contributed by atoms with Crippen LogP contribution < -0.4 is 14.8 Å². The number of hydrogen-bond donors (Lipinski definition) is 1. The molecule has 1 amide bonds. The Morgan fingerprint density at radius 1 is 1.38 bits per heavy atom. The highest BCUT2D eigenvalue weighted by Gasteiger charge is 2.33. The van der Waals surface area contributed by atoms with E-state index in [0.717, 1.165) is 17.3 Å². The van der Waals surface area contributed by atoms with Crippen molar-refractivity contribution < 1.29 is 27.4 Å². The molecule has 9 heteroatoms. The van der Waals surface area contributed by atoms with Gasteiger partial charge in [-0.1, -0.05) is 0 Å². The van der Waals surface area contributed by atoms with E-state index in [2.05, 4.69) is 15.2 Å². The Morgan fingerprint density at radius 2 is 2.08 bits per heavy atom.